The lowest BCUT2D eigenvalue weighted by Gasteiger charge is -2.34. The van der Waals surface area contributed by atoms with Gasteiger partial charge in [0.15, 0.2) is 0 Å². The van der Waals surface area contributed by atoms with Gasteiger partial charge in [-0.1, -0.05) is 194 Å². The van der Waals surface area contributed by atoms with Gasteiger partial charge in [0.05, 0.1) is 5.41 Å². The first-order valence-electron chi connectivity index (χ1n) is 21.7. The van der Waals surface area contributed by atoms with Crippen molar-refractivity contribution >= 4 is 39.0 Å². The lowest BCUT2D eigenvalue weighted by Crippen LogP contribution is -2.28. The molecule has 0 spiro atoms. The molecule has 0 aliphatic heterocycles. The molecule has 0 radical (unpaired) electrons. The van der Waals surface area contributed by atoms with Crippen molar-refractivity contribution in [1.29, 1.82) is 0 Å². The Morgan fingerprint density at radius 1 is 0.286 bits per heavy atom. The molecule has 0 N–H and O–H groups in total. The number of hydrogen-bond acceptors (Lipinski definition) is 2. The van der Waals surface area contributed by atoms with Crippen molar-refractivity contribution in [3.05, 3.63) is 271 Å². The quantitative estimate of drug-likeness (QED) is 0.152. The third kappa shape index (κ3) is 6.10. The average molecular weight is 804 g/mol. The Balaban J connectivity index is 1.02. The lowest BCUT2D eigenvalue weighted by molar-refractivity contribution is 0.665. The fourth-order valence-electron chi connectivity index (χ4n) is 10.1. The summed E-state index contributed by atoms with van der Waals surface area (Å²) in [4.78, 5) is 2.33. The summed E-state index contributed by atoms with van der Waals surface area (Å²) in [7, 11) is 0. The first kappa shape index (κ1) is 36.6. The highest BCUT2D eigenvalue weighted by Crippen LogP contribution is 2.57. The van der Waals surface area contributed by atoms with Crippen LogP contribution in [-0.2, 0) is 5.41 Å². The predicted octanol–water partition coefficient (Wildman–Crippen LogP) is 16.4. The summed E-state index contributed by atoms with van der Waals surface area (Å²) in [5.74, 6) is 0. The van der Waals surface area contributed by atoms with E-state index in [1.165, 1.54) is 61.2 Å². The van der Waals surface area contributed by atoms with Crippen LogP contribution in [0.15, 0.2) is 253 Å². The Hall–Kier alpha value is -8.20. The van der Waals surface area contributed by atoms with E-state index in [2.05, 4.69) is 254 Å². The fourth-order valence-corrected chi connectivity index (χ4v) is 10.1. The molecule has 2 heteroatoms. The number of rotatable bonds is 8. The van der Waals surface area contributed by atoms with E-state index in [0.717, 1.165) is 44.6 Å². The van der Waals surface area contributed by atoms with E-state index < -0.39 is 5.41 Å². The van der Waals surface area contributed by atoms with Crippen molar-refractivity contribution in [2.75, 3.05) is 4.90 Å². The summed E-state index contributed by atoms with van der Waals surface area (Å²) in [5, 5.41) is 2.18. The molecule has 296 valence electrons. The highest BCUT2D eigenvalue weighted by molar-refractivity contribution is 6.07. The Labute approximate surface area is 367 Å². The third-order valence-corrected chi connectivity index (χ3v) is 12.9. The van der Waals surface area contributed by atoms with Gasteiger partial charge in [-0.2, -0.15) is 0 Å². The van der Waals surface area contributed by atoms with Crippen LogP contribution in [0, 0.1) is 0 Å². The minimum atomic E-state index is -0.567. The summed E-state index contributed by atoms with van der Waals surface area (Å²) in [6.45, 7) is 0. The molecule has 1 heterocycles. The van der Waals surface area contributed by atoms with E-state index in [-0.39, 0.29) is 0 Å². The van der Waals surface area contributed by atoms with E-state index in [4.69, 9.17) is 4.42 Å². The summed E-state index contributed by atoms with van der Waals surface area (Å²) < 4.78 is 7.01. The first-order chi connectivity index (χ1) is 31.2. The Morgan fingerprint density at radius 3 is 1.37 bits per heavy atom. The van der Waals surface area contributed by atoms with Crippen LogP contribution in [0.2, 0.25) is 0 Å². The molecule has 10 aromatic carbocycles. The molecule has 1 aliphatic carbocycles. The Bertz CT molecular complexity index is 3400. The molecular formula is C61H41NO. The summed E-state index contributed by atoms with van der Waals surface area (Å²) in [6, 6.07) is 90.0. The number of benzene rings is 10. The molecule has 0 unspecified atom stereocenters. The number of fused-ring (bicyclic) bond motifs is 6. The summed E-state index contributed by atoms with van der Waals surface area (Å²) in [6.07, 6.45) is 0. The zero-order valence-corrected chi connectivity index (χ0v) is 34.5. The van der Waals surface area contributed by atoms with Crippen molar-refractivity contribution in [2.45, 2.75) is 5.41 Å². The lowest BCUT2D eigenvalue weighted by atomic mass is 9.67. The van der Waals surface area contributed by atoms with Crippen LogP contribution in [0.1, 0.15) is 22.3 Å². The molecule has 2 nitrogen and oxygen atoms in total. The highest BCUT2D eigenvalue weighted by Gasteiger charge is 2.46. The van der Waals surface area contributed by atoms with Gasteiger partial charge in [0.25, 0.3) is 0 Å². The molecule has 0 bridgehead atoms. The SMILES string of the molecule is c1ccc(-c2ccc(N(c3cccc(-c4ccccc4)c3)c3ccc4c(c3)oc3cc(C5(c6cccc(-c7ccccc7)c6)c6ccccc6-c6ccccc65)ccc34)cc2)cc1. The fraction of sp³-hybridized carbons (Fsp3) is 0.0164. The molecule has 1 aliphatic rings. The van der Waals surface area contributed by atoms with Crippen molar-refractivity contribution in [3.63, 3.8) is 0 Å². The van der Waals surface area contributed by atoms with Crippen LogP contribution in [0.25, 0.3) is 66.4 Å². The second-order valence-corrected chi connectivity index (χ2v) is 16.4. The van der Waals surface area contributed by atoms with Gasteiger partial charge in [-0.25, -0.2) is 0 Å². The maximum absolute atomic E-state index is 7.01. The van der Waals surface area contributed by atoms with Crippen molar-refractivity contribution in [3.8, 4) is 44.5 Å². The molecular weight excluding hydrogens is 763 g/mol. The van der Waals surface area contributed by atoms with Gasteiger partial charge in [-0.3, -0.25) is 0 Å². The number of furan rings is 1. The van der Waals surface area contributed by atoms with Gasteiger partial charge in [0, 0.05) is 33.9 Å². The largest absolute Gasteiger partial charge is 0.456 e. The molecule has 12 rings (SSSR count). The van der Waals surface area contributed by atoms with E-state index >= 15 is 0 Å². The van der Waals surface area contributed by atoms with E-state index in [1.807, 2.05) is 0 Å². The molecule has 63 heavy (non-hydrogen) atoms. The van der Waals surface area contributed by atoms with Crippen LogP contribution in [0.4, 0.5) is 17.1 Å². The topological polar surface area (TPSA) is 16.4 Å². The van der Waals surface area contributed by atoms with Crippen molar-refractivity contribution in [1.82, 2.24) is 0 Å². The van der Waals surface area contributed by atoms with Crippen LogP contribution < -0.4 is 4.90 Å². The Kier molecular flexibility index (Phi) is 8.76. The average Bonchev–Trinajstić information content (AvgIpc) is 3.88. The maximum atomic E-state index is 7.01. The van der Waals surface area contributed by atoms with Gasteiger partial charge in [-0.05, 0) is 115 Å². The highest BCUT2D eigenvalue weighted by atomic mass is 16.3. The van der Waals surface area contributed by atoms with Gasteiger partial charge in [0.2, 0.25) is 0 Å². The van der Waals surface area contributed by atoms with Gasteiger partial charge in [0.1, 0.15) is 11.2 Å². The van der Waals surface area contributed by atoms with E-state index in [1.54, 1.807) is 0 Å². The smallest absolute Gasteiger partial charge is 0.137 e. The molecule has 1 aromatic heterocycles. The monoisotopic (exact) mass is 803 g/mol. The van der Waals surface area contributed by atoms with Crippen molar-refractivity contribution < 1.29 is 4.42 Å². The summed E-state index contributed by atoms with van der Waals surface area (Å²) in [5.41, 5.74) is 18.9. The first-order valence-corrected chi connectivity index (χ1v) is 21.7. The predicted molar refractivity (Wildman–Crippen MR) is 262 cm³/mol. The third-order valence-electron chi connectivity index (χ3n) is 12.9. The molecule has 0 amide bonds. The van der Waals surface area contributed by atoms with E-state index in [9.17, 15) is 0 Å². The van der Waals surface area contributed by atoms with Gasteiger partial charge < -0.3 is 9.32 Å². The molecule has 0 saturated carbocycles. The Morgan fingerprint density at radius 2 is 0.730 bits per heavy atom. The molecule has 0 saturated heterocycles. The van der Waals surface area contributed by atoms with Crippen LogP contribution >= 0.6 is 0 Å². The van der Waals surface area contributed by atoms with Crippen molar-refractivity contribution in [2.24, 2.45) is 0 Å². The van der Waals surface area contributed by atoms with Gasteiger partial charge >= 0.3 is 0 Å². The standard InChI is InChI=1S/C61H41NO/c1-4-16-42(17-5-1)45-30-33-50(34-31-45)62(51-25-15-23-47(39-51)44-20-8-3-9-21-44)52-35-37-56-55-36-32-49(40-59(55)63-60(56)41-52)61(48-24-14-22-46(38-48)43-18-6-2-7-19-43)57-28-12-10-26-53(57)54-27-11-13-29-58(54)61/h1-41H. The molecule has 0 fully saturated rings. The maximum Gasteiger partial charge on any atom is 0.137 e. The minimum Gasteiger partial charge on any atom is -0.456 e. The number of hydrogen-bond donors (Lipinski definition) is 0. The second-order valence-electron chi connectivity index (χ2n) is 16.4. The number of nitrogens with zero attached hydrogens (tertiary/aromatic N) is 1. The van der Waals surface area contributed by atoms with Crippen LogP contribution in [0.5, 0.6) is 0 Å². The number of anilines is 3. The van der Waals surface area contributed by atoms with E-state index in [0.29, 0.717) is 0 Å². The van der Waals surface area contributed by atoms with Crippen LogP contribution in [0.3, 0.4) is 0 Å². The normalized spacial score (nSPS) is 12.6. The zero-order chi connectivity index (χ0) is 41.7. The summed E-state index contributed by atoms with van der Waals surface area (Å²) >= 11 is 0. The molecule has 0 atom stereocenters. The molecule has 11 aromatic rings. The van der Waals surface area contributed by atoms with Gasteiger partial charge in [-0.15, -0.1) is 0 Å². The zero-order valence-electron chi connectivity index (χ0n) is 34.5. The van der Waals surface area contributed by atoms with Crippen LogP contribution in [-0.4, -0.2) is 0 Å². The minimum absolute atomic E-state index is 0.567. The second kappa shape index (κ2) is 15.1.